The first-order valence-electron chi connectivity index (χ1n) is 13.9. The molecule has 2 aromatic heterocycles. The summed E-state index contributed by atoms with van der Waals surface area (Å²) in [6.07, 6.45) is 4.07. The molecule has 1 aromatic carbocycles. The molecule has 3 heterocycles. The van der Waals surface area contributed by atoms with Crippen LogP contribution in [-0.4, -0.2) is 70.3 Å². The number of benzene rings is 1. The molecule has 3 aromatic rings. The zero-order chi connectivity index (χ0) is 30.5. The number of pyridine rings is 1. The zero-order valence-corrected chi connectivity index (χ0v) is 26.4. The summed E-state index contributed by atoms with van der Waals surface area (Å²) < 4.78 is 17.5. The molecule has 219 valence electrons. The molecule has 0 bridgehead atoms. The van der Waals surface area contributed by atoms with Crippen LogP contribution in [-0.2, 0) is 19.4 Å². The van der Waals surface area contributed by atoms with Gasteiger partial charge in [0, 0.05) is 49.3 Å². The fraction of sp³-hybridized carbons (Fsp3) is 0.433. The number of nitriles is 1. The van der Waals surface area contributed by atoms with Gasteiger partial charge in [0.2, 0.25) is 11.8 Å². The van der Waals surface area contributed by atoms with Crippen LogP contribution in [0.2, 0.25) is 18.1 Å². The van der Waals surface area contributed by atoms with Crippen molar-refractivity contribution in [1.29, 1.82) is 5.26 Å². The van der Waals surface area contributed by atoms with Crippen LogP contribution in [0.3, 0.4) is 0 Å². The lowest BCUT2D eigenvalue weighted by molar-refractivity contribution is 0.144. The average Bonchev–Trinajstić information content (AvgIpc) is 3.24. The van der Waals surface area contributed by atoms with E-state index < -0.39 is 13.7 Å². The molecule has 1 N–H and O–H groups in total. The number of anilines is 3. The van der Waals surface area contributed by atoms with Crippen molar-refractivity contribution in [2.24, 2.45) is 0 Å². The number of carbonyl (C=O) groups excluding carboxylic acids is 1. The van der Waals surface area contributed by atoms with Crippen molar-refractivity contribution in [2.45, 2.75) is 51.2 Å². The third-order valence-corrected chi connectivity index (χ3v) is 12.5. The molecular weight excluding hydrogens is 547 g/mol. The van der Waals surface area contributed by atoms with Crippen molar-refractivity contribution in [3.8, 4) is 23.2 Å². The number of rotatable bonds is 12. The van der Waals surface area contributed by atoms with Gasteiger partial charge in [0.05, 0.1) is 17.9 Å². The van der Waals surface area contributed by atoms with Gasteiger partial charge in [-0.25, -0.2) is 15.0 Å². The standard InChI is InChI=1S/C30H38BN6O4Si/c1-29(2,3)42(6,7)41-19-30(4)18-37(31-20-38)26-22(17-32)15-21(16-23(26)30)24-10-12-34-28(35-24)36-25-9-8-11-33-27(25)40-14-13-39-5/h8-12,15-16,20H,13-14,18-19H2,1-7H3,(H,34,35,36)/t30-/m0/s1. The summed E-state index contributed by atoms with van der Waals surface area (Å²) in [7, 11) is 1.04. The zero-order valence-electron chi connectivity index (χ0n) is 25.4. The van der Waals surface area contributed by atoms with Crippen LogP contribution in [0.4, 0.5) is 17.3 Å². The molecular formula is C30H38BN6O4Si. The van der Waals surface area contributed by atoms with E-state index in [4.69, 9.17) is 18.9 Å². The molecule has 1 radical (unpaired) electrons. The van der Waals surface area contributed by atoms with Crippen molar-refractivity contribution >= 4 is 39.2 Å². The van der Waals surface area contributed by atoms with E-state index in [0.717, 1.165) is 23.0 Å². The second-order valence-corrected chi connectivity index (χ2v) is 17.0. The van der Waals surface area contributed by atoms with Gasteiger partial charge < -0.3 is 28.8 Å². The first-order valence-corrected chi connectivity index (χ1v) is 16.8. The van der Waals surface area contributed by atoms with E-state index >= 15 is 0 Å². The number of nitrogens with one attached hydrogen (secondary N) is 1. The highest BCUT2D eigenvalue weighted by molar-refractivity contribution is 6.74. The molecule has 1 aliphatic heterocycles. The number of carbonyl (C=O) groups is 1. The van der Waals surface area contributed by atoms with Crippen LogP contribution in [0.15, 0.2) is 42.7 Å². The second-order valence-electron chi connectivity index (χ2n) is 12.1. The molecule has 0 saturated carbocycles. The largest absolute Gasteiger partial charge is 0.474 e. The average molecular weight is 586 g/mol. The SMILES string of the molecule is COCCOc1ncccc1Nc1nccc(-c2cc(C#N)c3c(c2)[C@](C)(CO[Si](C)(C)C(C)(C)C)CN3[B]C=O)n1. The highest BCUT2D eigenvalue weighted by Crippen LogP contribution is 2.46. The Labute approximate surface area is 249 Å². The molecule has 12 heteroatoms. The van der Waals surface area contributed by atoms with Crippen molar-refractivity contribution in [3.63, 3.8) is 0 Å². The first kappa shape index (κ1) is 31.2. The van der Waals surface area contributed by atoms with Crippen LogP contribution in [0.1, 0.15) is 38.8 Å². The third kappa shape index (κ3) is 6.64. The summed E-state index contributed by atoms with van der Waals surface area (Å²) in [6.45, 7) is 15.0. The molecule has 1 aliphatic rings. The van der Waals surface area contributed by atoms with E-state index in [-0.39, 0.29) is 5.04 Å². The maximum absolute atomic E-state index is 11.6. The van der Waals surface area contributed by atoms with Crippen LogP contribution >= 0.6 is 0 Å². The Morgan fingerprint density at radius 3 is 2.69 bits per heavy atom. The van der Waals surface area contributed by atoms with E-state index in [1.54, 1.807) is 37.7 Å². The Morgan fingerprint density at radius 1 is 1.21 bits per heavy atom. The normalized spacial score (nSPS) is 16.5. The fourth-order valence-electron chi connectivity index (χ4n) is 4.58. The summed E-state index contributed by atoms with van der Waals surface area (Å²) in [6, 6.07) is 11.6. The summed E-state index contributed by atoms with van der Waals surface area (Å²) in [5.41, 5.74) is 3.72. The monoisotopic (exact) mass is 585 g/mol. The van der Waals surface area contributed by atoms with Crippen molar-refractivity contribution in [3.05, 3.63) is 53.9 Å². The van der Waals surface area contributed by atoms with E-state index in [1.165, 1.54) is 7.41 Å². The fourth-order valence-corrected chi connectivity index (χ4v) is 5.69. The molecule has 1 atom stereocenters. The van der Waals surface area contributed by atoms with E-state index in [2.05, 4.69) is 68.2 Å². The number of fused-ring (bicyclic) bond motifs is 1. The molecule has 0 amide bonds. The number of hydrogen-bond donors (Lipinski definition) is 1. The van der Waals surface area contributed by atoms with Gasteiger partial charge in [0.1, 0.15) is 24.5 Å². The highest BCUT2D eigenvalue weighted by atomic mass is 28.4. The molecule has 10 nitrogen and oxygen atoms in total. The maximum atomic E-state index is 11.6. The predicted molar refractivity (Wildman–Crippen MR) is 167 cm³/mol. The number of ether oxygens (including phenoxy) is 2. The molecule has 0 unspecified atom stereocenters. The molecule has 4 rings (SSSR count). The van der Waals surface area contributed by atoms with Crippen LogP contribution in [0.25, 0.3) is 11.3 Å². The number of hydrogen-bond acceptors (Lipinski definition) is 10. The minimum atomic E-state index is -2.06. The van der Waals surface area contributed by atoms with Crippen molar-refractivity contribution < 1.29 is 18.7 Å². The van der Waals surface area contributed by atoms with Gasteiger partial charge in [-0.2, -0.15) is 5.26 Å². The number of methoxy groups -OCH3 is 1. The third-order valence-electron chi connectivity index (χ3n) is 7.98. The Bertz CT molecular complexity index is 1470. The maximum Gasteiger partial charge on any atom is 0.329 e. The Morgan fingerprint density at radius 2 is 2.00 bits per heavy atom. The van der Waals surface area contributed by atoms with Gasteiger partial charge in [0.15, 0.2) is 8.32 Å². The lowest BCUT2D eigenvalue weighted by atomic mass is 9.83. The van der Waals surface area contributed by atoms with Gasteiger partial charge >= 0.3 is 7.41 Å². The number of aromatic nitrogens is 3. The van der Waals surface area contributed by atoms with E-state index in [1.807, 2.05) is 10.9 Å². The van der Waals surface area contributed by atoms with Crippen LogP contribution in [0, 0.1) is 11.3 Å². The summed E-state index contributed by atoms with van der Waals surface area (Å²) >= 11 is 0. The Kier molecular flexibility index (Phi) is 9.35. The van der Waals surface area contributed by atoms with Gasteiger partial charge in [-0.15, -0.1) is 0 Å². The van der Waals surface area contributed by atoms with E-state index in [9.17, 15) is 10.1 Å². The van der Waals surface area contributed by atoms with E-state index in [0.29, 0.717) is 55.1 Å². The van der Waals surface area contributed by atoms with Crippen molar-refractivity contribution in [1.82, 2.24) is 15.0 Å². The molecule has 0 saturated heterocycles. The lowest BCUT2D eigenvalue weighted by Gasteiger charge is -2.39. The number of nitrogens with zero attached hydrogens (tertiary/aromatic N) is 5. The summed E-state index contributed by atoms with van der Waals surface area (Å²) in [5.74, 6) is 0.771. The molecule has 0 fully saturated rings. The second kappa shape index (κ2) is 12.6. The summed E-state index contributed by atoms with van der Waals surface area (Å²) in [5, 5.41) is 13.4. The molecule has 42 heavy (non-hydrogen) atoms. The quantitative estimate of drug-likeness (QED) is 0.175. The predicted octanol–water partition coefficient (Wildman–Crippen LogP) is 5.09. The molecule has 0 spiro atoms. The van der Waals surface area contributed by atoms with Gasteiger partial charge in [-0.3, -0.25) is 0 Å². The minimum absolute atomic E-state index is 0.0480. The Balaban J connectivity index is 1.70. The minimum Gasteiger partial charge on any atom is -0.474 e. The lowest BCUT2D eigenvalue weighted by Crippen LogP contribution is -2.46. The van der Waals surface area contributed by atoms with Gasteiger partial charge in [0.25, 0.3) is 0 Å². The van der Waals surface area contributed by atoms with Crippen molar-refractivity contribution in [2.75, 3.05) is 43.6 Å². The van der Waals surface area contributed by atoms with Crippen LogP contribution < -0.4 is 14.9 Å². The van der Waals surface area contributed by atoms with Gasteiger partial charge in [-0.05, 0) is 54.0 Å². The first-order chi connectivity index (χ1) is 19.9. The Hall–Kier alpha value is -3.79. The molecule has 0 aliphatic carbocycles. The summed E-state index contributed by atoms with van der Waals surface area (Å²) in [4.78, 5) is 26.9. The van der Waals surface area contributed by atoms with Crippen LogP contribution in [0.5, 0.6) is 5.88 Å². The topological polar surface area (TPSA) is 122 Å². The smallest absolute Gasteiger partial charge is 0.329 e. The van der Waals surface area contributed by atoms with Gasteiger partial charge in [-0.1, -0.05) is 27.7 Å². The highest BCUT2D eigenvalue weighted by Gasteiger charge is 2.44.